The minimum absolute atomic E-state index is 0.220. The molecule has 0 aromatic heterocycles. The van der Waals surface area contributed by atoms with Gasteiger partial charge in [0.2, 0.25) is 11.5 Å². The highest BCUT2D eigenvalue weighted by Gasteiger charge is 2.27. The molecule has 29 heavy (non-hydrogen) atoms. The first-order chi connectivity index (χ1) is 13.7. The highest BCUT2D eigenvalue weighted by molar-refractivity contribution is 5.63. The van der Waals surface area contributed by atoms with E-state index in [0.717, 1.165) is 12.0 Å². The van der Waals surface area contributed by atoms with Crippen molar-refractivity contribution in [1.29, 1.82) is 0 Å². The van der Waals surface area contributed by atoms with Gasteiger partial charge in [-0.05, 0) is 35.6 Å². The Morgan fingerprint density at radius 1 is 0.586 bits per heavy atom. The van der Waals surface area contributed by atoms with E-state index >= 15 is 0 Å². The van der Waals surface area contributed by atoms with Crippen molar-refractivity contribution in [2.45, 2.75) is 26.2 Å². The lowest BCUT2D eigenvalue weighted by molar-refractivity contribution is 0.360. The van der Waals surface area contributed by atoms with Gasteiger partial charge in [0, 0.05) is 17.0 Å². The van der Waals surface area contributed by atoms with Crippen LogP contribution in [-0.2, 0) is 6.42 Å². The van der Waals surface area contributed by atoms with Crippen LogP contribution < -0.4 is 0 Å². The van der Waals surface area contributed by atoms with Gasteiger partial charge in [-0.2, -0.15) is 0 Å². The average Bonchev–Trinajstić information content (AvgIpc) is 2.68. The molecule has 6 N–H and O–H groups in total. The molecular formula is C23H24O6. The van der Waals surface area contributed by atoms with Crippen LogP contribution in [-0.4, -0.2) is 30.6 Å². The molecule has 3 rings (SSSR count). The maximum atomic E-state index is 10.5. The van der Waals surface area contributed by atoms with Crippen LogP contribution in [0.4, 0.5) is 0 Å². The molecule has 152 valence electrons. The van der Waals surface area contributed by atoms with E-state index in [1.807, 2.05) is 24.3 Å². The van der Waals surface area contributed by atoms with Crippen molar-refractivity contribution in [2.24, 2.45) is 5.92 Å². The van der Waals surface area contributed by atoms with E-state index in [1.165, 1.54) is 24.3 Å². The van der Waals surface area contributed by atoms with Crippen LogP contribution in [0.2, 0.25) is 0 Å². The minimum Gasteiger partial charge on any atom is -0.504 e. The van der Waals surface area contributed by atoms with Crippen LogP contribution >= 0.6 is 0 Å². The quantitative estimate of drug-likeness (QED) is 0.282. The Morgan fingerprint density at radius 2 is 1.03 bits per heavy atom. The molecule has 6 nitrogen and oxygen atoms in total. The van der Waals surface area contributed by atoms with Crippen LogP contribution in [0.5, 0.6) is 34.5 Å². The fourth-order valence-corrected chi connectivity index (χ4v) is 3.48. The number of benzene rings is 3. The van der Waals surface area contributed by atoms with E-state index in [0.29, 0.717) is 11.5 Å². The van der Waals surface area contributed by atoms with Crippen molar-refractivity contribution in [3.8, 4) is 34.5 Å². The van der Waals surface area contributed by atoms with Gasteiger partial charge >= 0.3 is 0 Å². The molecule has 0 atom stereocenters. The Balaban J connectivity index is 2.20. The summed E-state index contributed by atoms with van der Waals surface area (Å²) in [6, 6.07) is 12.9. The highest BCUT2D eigenvalue weighted by Crippen LogP contribution is 2.49. The SMILES string of the molecule is CC(C)Cc1ccc(C(c2ccc(O)c(O)c2O)c2ccc(O)c(O)c2O)cc1. The Kier molecular flexibility index (Phi) is 5.46. The molecule has 0 unspecified atom stereocenters. The average molecular weight is 396 g/mol. The number of aromatic hydroxyl groups is 6. The second-order valence-electron chi connectivity index (χ2n) is 7.51. The Morgan fingerprint density at radius 3 is 1.45 bits per heavy atom. The molecular weight excluding hydrogens is 372 g/mol. The van der Waals surface area contributed by atoms with Gasteiger partial charge in [0.15, 0.2) is 23.0 Å². The third-order valence-electron chi connectivity index (χ3n) is 4.90. The lowest BCUT2D eigenvalue weighted by atomic mass is 9.83. The van der Waals surface area contributed by atoms with Gasteiger partial charge in [0.1, 0.15) is 0 Å². The van der Waals surface area contributed by atoms with Gasteiger partial charge < -0.3 is 30.6 Å². The zero-order chi connectivity index (χ0) is 21.3. The third-order valence-corrected chi connectivity index (χ3v) is 4.90. The van der Waals surface area contributed by atoms with E-state index < -0.39 is 40.4 Å². The standard InChI is InChI=1S/C23H24O6/c1-12(2)11-13-3-5-14(6-4-13)19(15-7-9-17(24)22(28)20(15)26)16-8-10-18(25)23(29)21(16)27/h3-10,12,19,24-29H,11H2,1-2H3. The monoisotopic (exact) mass is 396 g/mol. The summed E-state index contributed by atoms with van der Waals surface area (Å²) < 4.78 is 0. The van der Waals surface area contributed by atoms with Gasteiger partial charge in [-0.1, -0.05) is 50.2 Å². The smallest absolute Gasteiger partial charge is 0.200 e. The molecule has 3 aromatic carbocycles. The first-order valence-electron chi connectivity index (χ1n) is 9.27. The van der Waals surface area contributed by atoms with E-state index in [2.05, 4.69) is 13.8 Å². The first-order valence-corrected chi connectivity index (χ1v) is 9.27. The first kappa shape index (κ1) is 20.2. The lowest BCUT2D eigenvalue weighted by Crippen LogP contribution is -2.05. The molecule has 0 saturated carbocycles. The summed E-state index contributed by atoms with van der Waals surface area (Å²) >= 11 is 0. The van der Waals surface area contributed by atoms with Crippen molar-refractivity contribution in [3.05, 3.63) is 70.8 Å². The molecule has 3 aromatic rings. The summed E-state index contributed by atoms with van der Waals surface area (Å²) in [7, 11) is 0. The van der Waals surface area contributed by atoms with Crippen molar-refractivity contribution in [2.75, 3.05) is 0 Å². The van der Waals surface area contributed by atoms with Crippen LogP contribution in [0.1, 0.15) is 42.0 Å². The summed E-state index contributed by atoms with van der Waals surface area (Å²) in [5.41, 5.74) is 2.24. The van der Waals surface area contributed by atoms with Crippen molar-refractivity contribution in [3.63, 3.8) is 0 Å². The highest BCUT2D eigenvalue weighted by atomic mass is 16.3. The largest absolute Gasteiger partial charge is 0.504 e. The number of phenols is 6. The van der Waals surface area contributed by atoms with Gasteiger partial charge in [-0.3, -0.25) is 0 Å². The second kappa shape index (κ2) is 7.83. The summed E-state index contributed by atoms with van der Waals surface area (Å²) in [5.74, 6) is -3.67. The van der Waals surface area contributed by atoms with Crippen molar-refractivity contribution >= 4 is 0 Å². The van der Waals surface area contributed by atoms with Gasteiger partial charge in [0.25, 0.3) is 0 Å². The zero-order valence-corrected chi connectivity index (χ0v) is 16.2. The molecule has 0 amide bonds. The molecule has 0 heterocycles. The van der Waals surface area contributed by atoms with Crippen LogP contribution in [0.3, 0.4) is 0 Å². The van der Waals surface area contributed by atoms with E-state index in [-0.39, 0.29) is 11.1 Å². The van der Waals surface area contributed by atoms with Gasteiger partial charge in [-0.15, -0.1) is 0 Å². The minimum atomic E-state index is -0.777. The second-order valence-corrected chi connectivity index (χ2v) is 7.51. The van der Waals surface area contributed by atoms with Crippen LogP contribution in [0, 0.1) is 5.92 Å². The van der Waals surface area contributed by atoms with Crippen molar-refractivity contribution in [1.82, 2.24) is 0 Å². The third kappa shape index (κ3) is 3.87. The maximum Gasteiger partial charge on any atom is 0.200 e. The summed E-state index contributed by atoms with van der Waals surface area (Å²) in [6.07, 6.45) is 0.890. The molecule has 6 heteroatoms. The zero-order valence-electron chi connectivity index (χ0n) is 16.2. The Bertz CT molecular complexity index is 967. The van der Waals surface area contributed by atoms with E-state index in [4.69, 9.17) is 0 Å². The van der Waals surface area contributed by atoms with Gasteiger partial charge in [-0.25, -0.2) is 0 Å². The number of hydrogen-bond acceptors (Lipinski definition) is 6. The number of rotatable bonds is 5. The fourth-order valence-electron chi connectivity index (χ4n) is 3.48. The lowest BCUT2D eigenvalue weighted by Gasteiger charge is -2.22. The summed E-state index contributed by atoms with van der Waals surface area (Å²) in [4.78, 5) is 0. The normalized spacial score (nSPS) is 11.3. The molecule has 0 fully saturated rings. The predicted octanol–water partition coefficient (Wildman–Crippen LogP) is 4.30. The van der Waals surface area contributed by atoms with E-state index in [1.54, 1.807) is 0 Å². The van der Waals surface area contributed by atoms with Gasteiger partial charge in [0.05, 0.1) is 0 Å². The summed E-state index contributed by atoms with van der Waals surface area (Å²) in [6.45, 7) is 4.23. The topological polar surface area (TPSA) is 121 Å². The molecule has 0 saturated heterocycles. The Hall–Kier alpha value is -3.54. The Labute approximate surface area is 168 Å². The molecule has 0 aliphatic carbocycles. The predicted molar refractivity (Wildman–Crippen MR) is 109 cm³/mol. The number of phenolic OH excluding ortho intramolecular Hbond substituents is 6. The molecule has 0 bridgehead atoms. The molecule has 0 aliphatic rings. The maximum absolute atomic E-state index is 10.5. The fraction of sp³-hybridized carbons (Fsp3) is 0.217. The van der Waals surface area contributed by atoms with Crippen LogP contribution in [0.15, 0.2) is 48.5 Å². The summed E-state index contributed by atoms with van der Waals surface area (Å²) in [5, 5.41) is 60.2. The molecule has 0 radical (unpaired) electrons. The van der Waals surface area contributed by atoms with Crippen molar-refractivity contribution < 1.29 is 30.6 Å². The number of hydrogen-bond donors (Lipinski definition) is 6. The molecule has 0 spiro atoms. The molecule has 0 aliphatic heterocycles. The van der Waals surface area contributed by atoms with Crippen LogP contribution in [0.25, 0.3) is 0 Å². The van der Waals surface area contributed by atoms with E-state index in [9.17, 15) is 30.6 Å².